The molecule has 0 aliphatic carbocycles. The molecule has 0 radical (unpaired) electrons. The van der Waals surface area contributed by atoms with E-state index in [1.165, 1.54) is 6.08 Å². The van der Waals surface area contributed by atoms with Gasteiger partial charge in [0.15, 0.2) is 0 Å². The zero-order chi connectivity index (χ0) is 22.8. The van der Waals surface area contributed by atoms with E-state index in [1.54, 1.807) is 78.9 Å². The predicted octanol–water partition coefficient (Wildman–Crippen LogP) is 4.92. The van der Waals surface area contributed by atoms with Gasteiger partial charge in [-0.1, -0.05) is 72.8 Å². The first kappa shape index (κ1) is 22.3. The van der Waals surface area contributed by atoms with Crippen molar-refractivity contribution in [3.8, 4) is 11.8 Å². The zero-order valence-corrected chi connectivity index (χ0v) is 17.5. The molecule has 0 aromatic heterocycles. The number of hydrogen-bond donors (Lipinski definition) is 1. The molecule has 0 bridgehead atoms. The molecule has 160 valence electrons. The Balaban J connectivity index is 1.87. The van der Waals surface area contributed by atoms with Crippen LogP contribution < -0.4 is 10.1 Å². The van der Waals surface area contributed by atoms with Gasteiger partial charge < -0.3 is 14.8 Å². The Morgan fingerprint density at radius 2 is 1.59 bits per heavy atom. The summed E-state index contributed by atoms with van der Waals surface area (Å²) in [4.78, 5) is 25.9. The van der Waals surface area contributed by atoms with Crippen LogP contribution in [0.4, 0.5) is 5.69 Å². The van der Waals surface area contributed by atoms with Gasteiger partial charge in [0.05, 0.1) is 12.3 Å². The highest BCUT2D eigenvalue weighted by atomic mass is 16.5. The number of ether oxygens (including phenoxy) is 2. The maximum Gasteiger partial charge on any atom is 0.350 e. The molecule has 1 atom stereocenters. The normalized spacial score (nSPS) is 11.7. The van der Waals surface area contributed by atoms with E-state index in [2.05, 4.69) is 5.32 Å². The first-order valence-corrected chi connectivity index (χ1v) is 10.1. The number of nitriles is 1. The Bertz CT molecular complexity index is 1140. The molecule has 0 aliphatic heterocycles. The molecule has 1 N–H and O–H groups in total. The average Bonchev–Trinajstić information content (AvgIpc) is 2.83. The molecule has 3 aromatic rings. The minimum absolute atomic E-state index is 0.209. The molecule has 0 fully saturated rings. The lowest BCUT2D eigenvalue weighted by atomic mass is 10.1. The summed E-state index contributed by atoms with van der Waals surface area (Å²) in [6, 6.07) is 26.4. The number of carbonyl (C=O) groups excluding carboxylic acids is 2. The standard InChI is InChI=1S/C26H22N2O4/c1-2-31-23-16-10-9-15-22(23)28-25(29)24(20-13-7-4-8-14-20)32-26(30)21(18-27)17-19-11-5-3-6-12-19/h3-17,24H,2H2,1H3,(H,28,29). The largest absolute Gasteiger partial charge is 0.492 e. The van der Waals surface area contributed by atoms with Gasteiger partial charge in [-0.3, -0.25) is 4.79 Å². The summed E-state index contributed by atoms with van der Waals surface area (Å²) in [6.45, 7) is 2.27. The van der Waals surface area contributed by atoms with E-state index in [1.807, 2.05) is 19.1 Å². The van der Waals surface area contributed by atoms with Gasteiger partial charge in [-0.15, -0.1) is 0 Å². The van der Waals surface area contributed by atoms with Crippen molar-refractivity contribution in [1.82, 2.24) is 0 Å². The number of amides is 1. The third-order valence-electron chi connectivity index (χ3n) is 4.46. The Hall–Kier alpha value is -4.37. The first-order chi connectivity index (χ1) is 15.6. The van der Waals surface area contributed by atoms with Gasteiger partial charge in [0.1, 0.15) is 17.4 Å². The van der Waals surface area contributed by atoms with Crippen LogP contribution in [0.25, 0.3) is 6.08 Å². The Morgan fingerprint density at radius 3 is 2.25 bits per heavy atom. The lowest BCUT2D eigenvalue weighted by Crippen LogP contribution is -2.26. The smallest absolute Gasteiger partial charge is 0.350 e. The summed E-state index contributed by atoms with van der Waals surface area (Å²) in [7, 11) is 0. The highest BCUT2D eigenvalue weighted by Gasteiger charge is 2.27. The molecule has 1 unspecified atom stereocenters. The van der Waals surface area contributed by atoms with E-state index in [9.17, 15) is 14.9 Å². The molecule has 1 amide bonds. The molecule has 0 spiro atoms. The van der Waals surface area contributed by atoms with Gasteiger partial charge in [0.2, 0.25) is 6.10 Å². The minimum Gasteiger partial charge on any atom is -0.492 e. The van der Waals surface area contributed by atoms with Gasteiger partial charge in [-0.05, 0) is 30.7 Å². The summed E-state index contributed by atoms with van der Waals surface area (Å²) in [6.07, 6.45) is 0.165. The van der Waals surface area contributed by atoms with Crippen molar-refractivity contribution >= 4 is 23.6 Å². The minimum atomic E-state index is -1.26. The number of anilines is 1. The number of hydrogen-bond acceptors (Lipinski definition) is 5. The summed E-state index contributed by atoms with van der Waals surface area (Å²) in [5.74, 6) is -0.949. The number of nitrogens with one attached hydrogen (secondary N) is 1. The van der Waals surface area contributed by atoms with Gasteiger partial charge in [0.25, 0.3) is 5.91 Å². The van der Waals surface area contributed by atoms with E-state index in [4.69, 9.17) is 9.47 Å². The highest BCUT2D eigenvalue weighted by Crippen LogP contribution is 2.27. The second kappa shape index (κ2) is 11.1. The molecule has 0 saturated heterocycles. The number of para-hydroxylation sites is 2. The molecular formula is C26H22N2O4. The van der Waals surface area contributed by atoms with Crippen molar-refractivity contribution in [2.24, 2.45) is 0 Å². The number of benzene rings is 3. The molecule has 0 heterocycles. The number of esters is 1. The number of carbonyl (C=O) groups is 2. The summed E-state index contributed by atoms with van der Waals surface area (Å²) >= 11 is 0. The van der Waals surface area contributed by atoms with Gasteiger partial charge in [0, 0.05) is 5.56 Å². The molecule has 0 aliphatic rings. The van der Waals surface area contributed by atoms with Crippen LogP contribution in [-0.2, 0) is 14.3 Å². The van der Waals surface area contributed by atoms with Crippen LogP contribution >= 0.6 is 0 Å². The quantitative estimate of drug-likeness (QED) is 0.314. The maximum atomic E-state index is 13.1. The van der Waals surface area contributed by atoms with E-state index in [0.717, 1.165) is 0 Å². The van der Waals surface area contributed by atoms with Gasteiger partial charge >= 0.3 is 5.97 Å². The van der Waals surface area contributed by atoms with Crippen molar-refractivity contribution in [3.05, 3.63) is 102 Å². The monoisotopic (exact) mass is 426 g/mol. The van der Waals surface area contributed by atoms with E-state index < -0.39 is 18.0 Å². The molecule has 6 heteroatoms. The molecule has 6 nitrogen and oxygen atoms in total. The molecule has 32 heavy (non-hydrogen) atoms. The molecule has 0 saturated carbocycles. The highest BCUT2D eigenvalue weighted by molar-refractivity contribution is 6.01. The van der Waals surface area contributed by atoms with Crippen molar-refractivity contribution in [3.63, 3.8) is 0 Å². The van der Waals surface area contributed by atoms with Gasteiger partial charge in [-0.25, -0.2) is 4.79 Å². The fraction of sp³-hybridized carbons (Fsp3) is 0.115. The number of nitrogens with zero attached hydrogens (tertiary/aromatic N) is 1. The van der Waals surface area contributed by atoms with Crippen LogP contribution in [0.1, 0.15) is 24.2 Å². The second-order valence-corrected chi connectivity index (χ2v) is 6.69. The molecular weight excluding hydrogens is 404 g/mol. The SMILES string of the molecule is CCOc1ccccc1NC(=O)C(OC(=O)C(C#N)=Cc1ccccc1)c1ccccc1. The Labute approximate surface area is 186 Å². The lowest BCUT2D eigenvalue weighted by molar-refractivity contribution is -0.150. The lowest BCUT2D eigenvalue weighted by Gasteiger charge is -2.19. The van der Waals surface area contributed by atoms with Crippen LogP contribution in [0.15, 0.2) is 90.5 Å². The van der Waals surface area contributed by atoms with Crippen molar-refractivity contribution in [1.29, 1.82) is 5.26 Å². The predicted molar refractivity (Wildman–Crippen MR) is 122 cm³/mol. The Morgan fingerprint density at radius 1 is 0.969 bits per heavy atom. The second-order valence-electron chi connectivity index (χ2n) is 6.69. The summed E-state index contributed by atoms with van der Waals surface area (Å²) in [5.41, 5.74) is 1.40. The van der Waals surface area contributed by atoms with E-state index >= 15 is 0 Å². The average molecular weight is 426 g/mol. The summed E-state index contributed by atoms with van der Waals surface area (Å²) in [5, 5.41) is 12.2. The summed E-state index contributed by atoms with van der Waals surface area (Å²) < 4.78 is 11.1. The third kappa shape index (κ3) is 5.83. The van der Waals surface area contributed by atoms with Crippen LogP contribution in [0, 0.1) is 11.3 Å². The van der Waals surface area contributed by atoms with Crippen molar-refractivity contribution in [2.75, 3.05) is 11.9 Å². The fourth-order valence-electron chi connectivity index (χ4n) is 2.97. The zero-order valence-electron chi connectivity index (χ0n) is 17.5. The molecule has 3 aromatic carbocycles. The van der Waals surface area contributed by atoms with E-state index in [-0.39, 0.29) is 5.57 Å². The molecule has 3 rings (SSSR count). The third-order valence-corrected chi connectivity index (χ3v) is 4.46. The maximum absolute atomic E-state index is 13.1. The Kier molecular flexibility index (Phi) is 7.77. The van der Waals surface area contributed by atoms with Crippen LogP contribution in [0.5, 0.6) is 5.75 Å². The van der Waals surface area contributed by atoms with Crippen LogP contribution in [0.3, 0.4) is 0 Å². The topological polar surface area (TPSA) is 88.4 Å². The van der Waals surface area contributed by atoms with Crippen molar-refractivity contribution in [2.45, 2.75) is 13.0 Å². The number of rotatable bonds is 8. The van der Waals surface area contributed by atoms with Crippen LogP contribution in [0.2, 0.25) is 0 Å². The fourth-order valence-corrected chi connectivity index (χ4v) is 2.97. The first-order valence-electron chi connectivity index (χ1n) is 10.1. The van der Waals surface area contributed by atoms with E-state index in [0.29, 0.717) is 29.2 Å². The van der Waals surface area contributed by atoms with Gasteiger partial charge in [-0.2, -0.15) is 5.26 Å². The van der Waals surface area contributed by atoms with Crippen molar-refractivity contribution < 1.29 is 19.1 Å². The van der Waals surface area contributed by atoms with Crippen LogP contribution in [-0.4, -0.2) is 18.5 Å².